The van der Waals surface area contributed by atoms with E-state index >= 15 is 0 Å². The van der Waals surface area contributed by atoms with Crippen LogP contribution in [0.4, 0.5) is 23.4 Å². The van der Waals surface area contributed by atoms with Gasteiger partial charge in [-0.2, -0.15) is 18.3 Å². The number of hydrogen-bond acceptors (Lipinski definition) is 5. The van der Waals surface area contributed by atoms with Gasteiger partial charge in [0.25, 0.3) is 0 Å². The molecule has 4 rings (SSSR count). The third-order valence-electron chi connectivity index (χ3n) is 4.89. The van der Waals surface area contributed by atoms with Crippen molar-refractivity contribution in [3.63, 3.8) is 0 Å². The Morgan fingerprint density at radius 2 is 2.06 bits per heavy atom. The number of ether oxygens (including phenoxy) is 1. The zero-order valence-electron chi connectivity index (χ0n) is 27.8. The highest BCUT2D eigenvalue weighted by molar-refractivity contribution is 5.66. The predicted molar refractivity (Wildman–Crippen MR) is 116 cm³/mol. The van der Waals surface area contributed by atoms with Gasteiger partial charge in [-0.15, -0.1) is 0 Å². The smallest absolute Gasteiger partial charge is 0.429 e. The first-order valence-corrected chi connectivity index (χ1v) is 9.54. The molecule has 1 unspecified atom stereocenters. The van der Waals surface area contributed by atoms with E-state index in [0.717, 1.165) is 12.3 Å². The molecule has 0 bridgehead atoms. The van der Waals surface area contributed by atoms with Crippen LogP contribution < -0.4 is 15.8 Å². The van der Waals surface area contributed by atoms with Gasteiger partial charge in [-0.1, -0.05) is 6.07 Å². The second kappa shape index (κ2) is 9.01. The van der Waals surface area contributed by atoms with Gasteiger partial charge < -0.3 is 15.8 Å². The molecule has 0 spiro atoms. The Hall–Kier alpha value is -3.14. The lowest BCUT2D eigenvalue weighted by Crippen LogP contribution is -2.29. The number of alkyl halides is 3. The van der Waals surface area contributed by atoms with Gasteiger partial charge in [0.2, 0.25) is 6.08 Å². The van der Waals surface area contributed by atoms with E-state index in [1.54, 1.807) is 0 Å². The Kier molecular flexibility index (Phi) is 3.53. The van der Waals surface area contributed by atoms with Crippen LogP contribution in [0.25, 0.3) is 11.1 Å². The van der Waals surface area contributed by atoms with Crippen LogP contribution in [0.15, 0.2) is 36.8 Å². The molecule has 1 fully saturated rings. The molecule has 0 radical (unpaired) electrons. The molecule has 1 aromatic carbocycles. The SMILES string of the molecule is [2H]C1([2H])CC(n2cc(-c3cnc(N)c(OC([2H])(c4c(C([2H])([2H])[2H])ccc(F)c4C([2H])([2H])[2H])C(F)(F)F)c3)cn2)CC([2H])([2H])N1. The van der Waals surface area contributed by atoms with Crippen molar-refractivity contribution >= 4 is 5.82 Å². The molecule has 1 saturated heterocycles. The van der Waals surface area contributed by atoms with Gasteiger partial charge in [0.05, 0.1) is 13.6 Å². The van der Waals surface area contributed by atoms with Crippen LogP contribution in [0.1, 0.15) is 56.7 Å². The van der Waals surface area contributed by atoms with Crippen molar-refractivity contribution < 1.29 is 37.4 Å². The van der Waals surface area contributed by atoms with Gasteiger partial charge in [-0.05, 0) is 62.8 Å². The largest absolute Gasteiger partial charge is 0.472 e. The van der Waals surface area contributed by atoms with Crippen molar-refractivity contribution in [3.8, 4) is 16.9 Å². The summed E-state index contributed by atoms with van der Waals surface area (Å²) in [5.41, 5.74) is 1.24. The number of piperidine rings is 1. The van der Waals surface area contributed by atoms with Gasteiger partial charge >= 0.3 is 6.18 Å². The molecule has 176 valence electrons. The Balaban J connectivity index is 1.83. The number of aromatic nitrogens is 3. The maximum Gasteiger partial charge on any atom is 0.429 e. The minimum absolute atomic E-state index is 0.0104. The third-order valence-corrected chi connectivity index (χ3v) is 4.89. The molecule has 1 aliphatic rings. The van der Waals surface area contributed by atoms with Gasteiger partial charge in [0.1, 0.15) is 5.82 Å². The molecule has 33 heavy (non-hydrogen) atoms. The molecule has 0 saturated carbocycles. The first-order chi connectivity index (χ1) is 19.8. The molecular weight excluding hydrogens is 438 g/mol. The molecule has 3 aromatic rings. The highest BCUT2D eigenvalue weighted by Gasteiger charge is 2.45. The summed E-state index contributed by atoms with van der Waals surface area (Å²) in [4.78, 5) is 3.78. The summed E-state index contributed by atoms with van der Waals surface area (Å²) in [7, 11) is 0. The summed E-state index contributed by atoms with van der Waals surface area (Å²) in [5, 5.41) is 6.36. The summed E-state index contributed by atoms with van der Waals surface area (Å²) in [6.45, 7) is -11.2. The second-order valence-electron chi connectivity index (χ2n) is 7.13. The van der Waals surface area contributed by atoms with Crippen LogP contribution in [0.5, 0.6) is 5.75 Å². The topological polar surface area (TPSA) is 78.0 Å². The quantitative estimate of drug-likeness (QED) is 0.515. The number of anilines is 1. The fourth-order valence-corrected chi connectivity index (χ4v) is 3.21. The molecule has 3 N–H and O–H groups in total. The lowest BCUT2D eigenvalue weighted by atomic mass is 9.97. The first kappa shape index (κ1) is 12.9. The summed E-state index contributed by atoms with van der Waals surface area (Å²) in [6.07, 6.45) is -7.00. The molecule has 0 amide bonds. The molecular formula is C23H25F4N5O. The number of aryl methyl sites for hydroxylation is 1. The zero-order chi connectivity index (χ0) is 33.3. The Labute approximate surface area is 204 Å². The van der Waals surface area contributed by atoms with Crippen molar-refractivity contribution in [2.24, 2.45) is 0 Å². The van der Waals surface area contributed by atoms with Gasteiger partial charge in [-0.3, -0.25) is 4.68 Å². The van der Waals surface area contributed by atoms with E-state index in [1.165, 1.54) is 17.1 Å². The van der Waals surface area contributed by atoms with Gasteiger partial charge in [0, 0.05) is 42.8 Å². The number of halogens is 4. The summed E-state index contributed by atoms with van der Waals surface area (Å²) < 4.78 is 151. The van der Waals surface area contributed by atoms with Crippen molar-refractivity contribution in [2.75, 3.05) is 18.7 Å². The van der Waals surface area contributed by atoms with Gasteiger partial charge in [-0.25, -0.2) is 9.37 Å². The van der Waals surface area contributed by atoms with E-state index < -0.39 is 79.1 Å². The number of nitrogens with zero attached hydrogens (tertiary/aromatic N) is 3. The Morgan fingerprint density at radius 3 is 2.76 bits per heavy atom. The van der Waals surface area contributed by atoms with E-state index in [2.05, 4.69) is 15.4 Å². The fraction of sp³-hybridized carbons (Fsp3) is 0.391. The molecule has 0 aliphatic carbocycles. The summed E-state index contributed by atoms with van der Waals surface area (Å²) in [6, 6.07) is 0.965. The average Bonchev–Trinajstić information content (AvgIpc) is 3.31. The fourth-order valence-electron chi connectivity index (χ4n) is 3.21. The summed E-state index contributed by atoms with van der Waals surface area (Å²) >= 11 is 0. The second-order valence-corrected chi connectivity index (χ2v) is 7.13. The maximum absolute atomic E-state index is 14.8. The van der Waals surface area contributed by atoms with Crippen molar-refractivity contribution in [1.82, 2.24) is 20.1 Å². The number of rotatable bonds is 5. The normalized spacial score (nSPS) is 25.8. The molecule has 6 nitrogen and oxygen atoms in total. The van der Waals surface area contributed by atoms with Gasteiger partial charge in [0.15, 0.2) is 11.6 Å². The number of nitrogen functional groups attached to an aromatic ring is 1. The zero-order valence-corrected chi connectivity index (χ0v) is 16.8. The van der Waals surface area contributed by atoms with Crippen LogP contribution in [0, 0.1) is 19.5 Å². The maximum atomic E-state index is 14.8. The monoisotopic (exact) mass is 474 g/mol. The highest BCUT2D eigenvalue weighted by atomic mass is 19.4. The van der Waals surface area contributed by atoms with E-state index in [1.807, 2.05) is 0 Å². The minimum Gasteiger partial charge on any atom is -0.472 e. The molecule has 1 aliphatic heterocycles. The van der Waals surface area contributed by atoms with E-state index in [-0.39, 0.29) is 24.0 Å². The number of hydrogen-bond donors (Lipinski definition) is 2. The Bertz CT molecular complexity index is 1540. The lowest BCUT2D eigenvalue weighted by Gasteiger charge is -2.26. The van der Waals surface area contributed by atoms with Crippen molar-refractivity contribution in [1.29, 1.82) is 0 Å². The van der Waals surface area contributed by atoms with Crippen LogP contribution in [0.2, 0.25) is 0 Å². The average molecular weight is 475 g/mol. The van der Waals surface area contributed by atoms with E-state index in [4.69, 9.17) is 25.5 Å². The standard InChI is InChI=1S/C23H25F4N5O/c1-13-3-4-18(24)14(2)20(13)21(23(25,26)27)33-19-9-15(10-30-22(19)28)16-11-31-32(12-16)17-5-7-29-8-6-17/h3-4,9-12,17,21,29H,5-8H2,1-2H3,(H2,28,30)/i1D3,2D3,7D2,8D2,21D. The first-order valence-electron chi connectivity index (χ1n) is 15.0. The summed E-state index contributed by atoms with van der Waals surface area (Å²) in [5.74, 6) is -3.34. The number of nitrogens with one attached hydrogen (secondary N) is 1. The third kappa shape index (κ3) is 4.80. The van der Waals surface area contributed by atoms with Crippen molar-refractivity contribution in [3.05, 3.63) is 59.3 Å². The number of pyridine rings is 1. The molecule has 10 heteroatoms. The predicted octanol–water partition coefficient (Wildman–Crippen LogP) is 4.89. The van der Waals surface area contributed by atoms with Crippen molar-refractivity contribution in [2.45, 2.75) is 44.8 Å². The van der Waals surface area contributed by atoms with E-state index in [9.17, 15) is 17.6 Å². The van der Waals surface area contributed by atoms with Crippen LogP contribution in [-0.4, -0.2) is 33.9 Å². The Morgan fingerprint density at radius 1 is 1.27 bits per heavy atom. The highest BCUT2D eigenvalue weighted by Crippen LogP contribution is 2.41. The van der Waals surface area contributed by atoms with Crippen LogP contribution in [0.3, 0.4) is 0 Å². The number of benzene rings is 1. The van der Waals surface area contributed by atoms with E-state index in [0.29, 0.717) is 12.1 Å². The molecule has 2 aromatic heterocycles. The molecule has 3 heterocycles. The number of nitrogens with two attached hydrogens (primary N) is 1. The van der Waals surface area contributed by atoms with Crippen LogP contribution in [-0.2, 0) is 0 Å². The lowest BCUT2D eigenvalue weighted by molar-refractivity contribution is -0.198. The van der Waals surface area contributed by atoms with Crippen LogP contribution >= 0.6 is 0 Å². The molecule has 1 atom stereocenters. The minimum atomic E-state index is -5.85.